The van der Waals surface area contributed by atoms with E-state index in [0.717, 1.165) is 61.8 Å². The Hall–Kier alpha value is -3.05. The van der Waals surface area contributed by atoms with Crippen LogP contribution < -0.4 is 20.1 Å². The van der Waals surface area contributed by atoms with Crippen LogP contribution in [0.15, 0.2) is 48.5 Å². The molecule has 1 unspecified atom stereocenters. The molecule has 4 rings (SSSR count). The molecule has 0 bridgehead atoms. The molecule has 2 aromatic carbocycles. The molecule has 1 saturated carbocycles. The van der Waals surface area contributed by atoms with E-state index in [0.29, 0.717) is 18.1 Å². The average Bonchev–Trinajstić information content (AvgIpc) is 3.31. The van der Waals surface area contributed by atoms with Crippen LogP contribution in [0.25, 0.3) is 0 Å². The SMILES string of the molecule is CCC(C)NC(=S)N[C@@H]1CC[C@@]2(c3ccc(OC)c(OC)c3)CCN(Cc3ccccc3)[C@H]2C1.O=C(O)C(F)(F)F. The van der Waals surface area contributed by atoms with Crippen LogP contribution in [0.3, 0.4) is 0 Å². The molecule has 1 aliphatic heterocycles. The molecule has 2 fully saturated rings. The maximum Gasteiger partial charge on any atom is 0.490 e. The van der Waals surface area contributed by atoms with Crippen molar-refractivity contribution in [3.63, 3.8) is 0 Å². The van der Waals surface area contributed by atoms with Crippen LogP contribution in [-0.4, -0.2) is 66.2 Å². The van der Waals surface area contributed by atoms with Gasteiger partial charge in [0.15, 0.2) is 16.6 Å². The third-order valence-electron chi connectivity index (χ3n) is 8.12. The van der Waals surface area contributed by atoms with Gasteiger partial charge >= 0.3 is 12.1 Å². The fraction of sp³-hybridized carbons (Fsp3) is 0.533. The van der Waals surface area contributed by atoms with E-state index in [4.69, 9.17) is 31.6 Å². The maximum atomic E-state index is 10.6. The van der Waals surface area contributed by atoms with Gasteiger partial charge in [-0.1, -0.05) is 43.3 Å². The molecule has 226 valence electrons. The summed E-state index contributed by atoms with van der Waals surface area (Å²) in [4.78, 5) is 11.6. The molecular weight excluding hydrogens is 555 g/mol. The maximum absolute atomic E-state index is 10.6. The molecule has 2 aromatic rings. The minimum Gasteiger partial charge on any atom is -0.493 e. The zero-order valence-corrected chi connectivity index (χ0v) is 24.8. The number of rotatable bonds is 8. The van der Waals surface area contributed by atoms with Crippen LogP contribution >= 0.6 is 12.2 Å². The van der Waals surface area contributed by atoms with E-state index in [1.165, 1.54) is 11.1 Å². The Morgan fingerprint density at radius 2 is 1.80 bits per heavy atom. The number of nitrogens with zero attached hydrogens (tertiary/aromatic N) is 1. The third kappa shape index (κ3) is 8.25. The van der Waals surface area contributed by atoms with Crippen LogP contribution in [0.5, 0.6) is 11.5 Å². The normalized spacial score (nSPS) is 22.9. The van der Waals surface area contributed by atoms with Crippen molar-refractivity contribution in [3.05, 3.63) is 59.7 Å². The number of carbonyl (C=O) groups is 1. The molecule has 4 atom stereocenters. The van der Waals surface area contributed by atoms with Gasteiger partial charge in [-0.15, -0.1) is 0 Å². The number of nitrogens with one attached hydrogen (secondary N) is 2. The molecule has 11 heteroatoms. The highest BCUT2D eigenvalue weighted by atomic mass is 32.1. The molecule has 7 nitrogen and oxygen atoms in total. The Morgan fingerprint density at radius 1 is 1.15 bits per heavy atom. The Bertz CT molecular complexity index is 1170. The number of alkyl halides is 3. The summed E-state index contributed by atoms with van der Waals surface area (Å²) in [6, 6.07) is 18.6. The van der Waals surface area contributed by atoms with Crippen LogP contribution in [0.1, 0.15) is 57.1 Å². The number of hydrogen-bond acceptors (Lipinski definition) is 5. The highest BCUT2D eigenvalue weighted by Gasteiger charge is 2.51. The van der Waals surface area contributed by atoms with Gasteiger partial charge in [-0.3, -0.25) is 4.90 Å². The predicted octanol–water partition coefficient (Wildman–Crippen LogP) is 5.66. The van der Waals surface area contributed by atoms with Gasteiger partial charge in [-0.2, -0.15) is 13.2 Å². The molecule has 1 heterocycles. The highest BCUT2D eigenvalue weighted by molar-refractivity contribution is 7.80. The fourth-order valence-electron chi connectivity index (χ4n) is 5.82. The second-order valence-corrected chi connectivity index (χ2v) is 11.1. The average molecular weight is 596 g/mol. The molecule has 1 saturated heterocycles. The Balaban J connectivity index is 0.000000587. The van der Waals surface area contributed by atoms with Crippen LogP contribution in [0.2, 0.25) is 0 Å². The Morgan fingerprint density at radius 3 is 2.39 bits per heavy atom. The van der Waals surface area contributed by atoms with E-state index in [-0.39, 0.29) is 5.41 Å². The van der Waals surface area contributed by atoms with Crippen molar-refractivity contribution in [2.75, 3.05) is 20.8 Å². The monoisotopic (exact) mass is 595 g/mol. The number of ether oxygens (including phenoxy) is 2. The smallest absolute Gasteiger partial charge is 0.490 e. The number of carboxylic acid groups (broad SMARTS) is 1. The van der Waals surface area contributed by atoms with Crippen LogP contribution in [0, 0.1) is 0 Å². The van der Waals surface area contributed by atoms with Crippen molar-refractivity contribution in [2.24, 2.45) is 0 Å². The van der Waals surface area contributed by atoms with Gasteiger partial charge < -0.3 is 25.2 Å². The largest absolute Gasteiger partial charge is 0.493 e. The number of fused-ring (bicyclic) bond motifs is 1. The van der Waals surface area contributed by atoms with Gasteiger partial charge in [0.2, 0.25) is 0 Å². The zero-order chi connectivity index (χ0) is 30.2. The van der Waals surface area contributed by atoms with Gasteiger partial charge in [0.25, 0.3) is 0 Å². The predicted molar refractivity (Wildman–Crippen MR) is 156 cm³/mol. The standard InChI is InChI=1S/C28H39N3O2S.C2HF3O2/c1-5-20(2)29-27(34)30-23-13-14-28(22-11-12-24(32-3)25(17-22)33-4)15-16-31(26(28)18-23)19-21-9-7-6-8-10-21;3-2(4,5)1(6)7/h6-12,17,20,23,26H,5,13-16,18-19H2,1-4H3,(H2,29,30,34);(H,6,7)/t20?,23-,26+,28+;/m1./s1. The summed E-state index contributed by atoms with van der Waals surface area (Å²) in [6.07, 6.45) is 0.433. The first-order valence-corrected chi connectivity index (χ1v) is 14.2. The lowest BCUT2D eigenvalue weighted by atomic mass is 9.65. The summed E-state index contributed by atoms with van der Waals surface area (Å²) >= 11 is 5.65. The lowest BCUT2D eigenvalue weighted by Crippen LogP contribution is -2.54. The fourth-order valence-corrected chi connectivity index (χ4v) is 6.19. The van der Waals surface area contributed by atoms with E-state index in [1.807, 2.05) is 0 Å². The summed E-state index contributed by atoms with van der Waals surface area (Å²) in [7, 11) is 3.42. The van der Waals surface area contributed by atoms with Crippen molar-refractivity contribution in [2.45, 2.75) is 82.2 Å². The van der Waals surface area contributed by atoms with Gasteiger partial charge in [-0.25, -0.2) is 4.79 Å². The summed E-state index contributed by atoms with van der Waals surface area (Å²) in [6.45, 7) is 6.42. The second-order valence-electron chi connectivity index (χ2n) is 10.6. The number of hydrogen-bond donors (Lipinski definition) is 3. The molecule has 0 aromatic heterocycles. The van der Waals surface area contributed by atoms with E-state index in [1.54, 1.807) is 14.2 Å². The van der Waals surface area contributed by atoms with E-state index >= 15 is 0 Å². The summed E-state index contributed by atoms with van der Waals surface area (Å²) in [5.41, 5.74) is 2.84. The van der Waals surface area contributed by atoms with E-state index in [2.05, 4.69) is 77.9 Å². The van der Waals surface area contributed by atoms with Gasteiger partial charge in [-0.05, 0) is 81.1 Å². The molecule has 1 aliphatic carbocycles. The first-order chi connectivity index (χ1) is 19.4. The summed E-state index contributed by atoms with van der Waals surface area (Å²) < 4.78 is 42.9. The molecular formula is C30H40F3N3O4S. The van der Waals surface area contributed by atoms with Crippen molar-refractivity contribution >= 4 is 23.3 Å². The van der Waals surface area contributed by atoms with Gasteiger partial charge in [0.1, 0.15) is 0 Å². The van der Waals surface area contributed by atoms with Gasteiger partial charge in [0.05, 0.1) is 14.2 Å². The van der Waals surface area contributed by atoms with E-state index in [9.17, 15) is 13.2 Å². The first-order valence-electron chi connectivity index (χ1n) is 13.8. The lowest BCUT2D eigenvalue weighted by molar-refractivity contribution is -0.192. The molecule has 41 heavy (non-hydrogen) atoms. The van der Waals surface area contributed by atoms with Crippen molar-refractivity contribution < 1.29 is 32.5 Å². The molecule has 0 amide bonds. The van der Waals surface area contributed by atoms with Gasteiger partial charge in [0, 0.05) is 30.1 Å². The molecule has 3 N–H and O–H groups in total. The number of benzene rings is 2. The lowest BCUT2D eigenvalue weighted by Gasteiger charge is -2.46. The molecule has 0 spiro atoms. The highest BCUT2D eigenvalue weighted by Crippen LogP contribution is 2.50. The molecule has 0 radical (unpaired) electrons. The minimum atomic E-state index is -5.08. The van der Waals surface area contributed by atoms with Crippen LogP contribution in [0.4, 0.5) is 13.2 Å². The Kier molecular flexibility index (Phi) is 11.3. The zero-order valence-electron chi connectivity index (χ0n) is 24.0. The Labute approximate surface area is 245 Å². The minimum absolute atomic E-state index is 0.109. The number of halogens is 3. The summed E-state index contributed by atoms with van der Waals surface area (Å²) in [5, 5.41) is 15.0. The summed E-state index contributed by atoms with van der Waals surface area (Å²) in [5.74, 6) is -1.16. The number of aliphatic carboxylic acids is 1. The topological polar surface area (TPSA) is 83.1 Å². The van der Waals surface area contributed by atoms with E-state index < -0.39 is 12.1 Å². The second kappa shape index (κ2) is 14.2. The number of methoxy groups -OCH3 is 2. The van der Waals surface area contributed by atoms with Crippen molar-refractivity contribution in [1.82, 2.24) is 15.5 Å². The van der Waals surface area contributed by atoms with Crippen molar-refractivity contribution in [1.29, 1.82) is 0 Å². The van der Waals surface area contributed by atoms with Crippen LogP contribution in [-0.2, 0) is 16.8 Å². The third-order valence-corrected chi connectivity index (χ3v) is 8.36. The number of thiocarbonyl (C=S) groups is 1. The van der Waals surface area contributed by atoms with Crippen molar-refractivity contribution in [3.8, 4) is 11.5 Å². The first kappa shape index (κ1) is 32.5. The quantitative estimate of drug-likeness (QED) is 0.337. The number of likely N-dealkylation sites (tertiary alicyclic amines) is 1. The number of carboxylic acids is 1. The molecule has 2 aliphatic rings.